The molecule has 3 rings (SSSR count). The summed E-state index contributed by atoms with van der Waals surface area (Å²) in [6.07, 6.45) is 0.799. The fraction of sp³-hybridized carbons (Fsp3) is 0.111. The molecule has 0 atom stereocenters. The van der Waals surface area contributed by atoms with E-state index < -0.39 is 0 Å². The molecule has 0 aliphatic rings. The summed E-state index contributed by atoms with van der Waals surface area (Å²) in [6.45, 7) is 0.523. The molecular formula is C18H14Cl2N2O2. The van der Waals surface area contributed by atoms with E-state index in [1.807, 2.05) is 18.2 Å². The van der Waals surface area contributed by atoms with Gasteiger partial charge in [0, 0.05) is 18.1 Å². The summed E-state index contributed by atoms with van der Waals surface area (Å²) < 4.78 is 5.60. The second-order valence-electron chi connectivity index (χ2n) is 5.13. The van der Waals surface area contributed by atoms with E-state index >= 15 is 0 Å². The van der Waals surface area contributed by atoms with Crippen LogP contribution in [0.2, 0.25) is 10.0 Å². The molecule has 0 aliphatic heterocycles. The van der Waals surface area contributed by atoms with Crippen molar-refractivity contribution in [2.24, 2.45) is 0 Å². The van der Waals surface area contributed by atoms with Crippen LogP contribution in [0, 0.1) is 0 Å². The van der Waals surface area contributed by atoms with E-state index in [1.54, 1.807) is 24.3 Å². The van der Waals surface area contributed by atoms with E-state index in [1.165, 1.54) is 5.56 Å². The van der Waals surface area contributed by atoms with Crippen LogP contribution in [0.15, 0.2) is 54.6 Å². The van der Waals surface area contributed by atoms with Crippen molar-refractivity contribution in [1.29, 1.82) is 0 Å². The average Bonchev–Trinajstić information content (AvgIpc) is 2.61. The number of benzene rings is 2. The average molecular weight is 361 g/mol. The van der Waals surface area contributed by atoms with E-state index in [4.69, 9.17) is 27.9 Å². The molecule has 3 aromatic rings. The van der Waals surface area contributed by atoms with Crippen molar-refractivity contribution in [1.82, 2.24) is 10.2 Å². The quantitative estimate of drug-likeness (QED) is 0.711. The van der Waals surface area contributed by atoms with Crippen LogP contribution in [-0.2, 0) is 6.42 Å². The molecule has 0 saturated heterocycles. The standard InChI is InChI=1S/C18H14Cl2N2O2/c19-14-10-13(11-15(20)18(14)23)16-6-7-17(22-21-16)24-9-8-12-4-2-1-3-5-12/h1-7,10-11,23H,8-9H2. The van der Waals surface area contributed by atoms with Crippen molar-refractivity contribution in [2.45, 2.75) is 6.42 Å². The van der Waals surface area contributed by atoms with Gasteiger partial charge in [-0.2, -0.15) is 0 Å². The summed E-state index contributed by atoms with van der Waals surface area (Å²) >= 11 is 11.8. The van der Waals surface area contributed by atoms with Crippen LogP contribution in [-0.4, -0.2) is 21.9 Å². The van der Waals surface area contributed by atoms with E-state index in [-0.39, 0.29) is 15.8 Å². The van der Waals surface area contributed by atoms with Gasteiger partial charge in [-0.05, 0) is 23.8 Å². The van der Waals surface area contributed by atoms with Crippen molar-refractivity contribution in [3.8, 4) is 22.9 Å². The summed E-state index contributed by atoms with van der Waals surface area (Å²) in [5.41, 5.74) is 2.47. The molecule has 1 heterocycles. The first-order valence-electron chi connectivity index (χ1n) is 7.32. The third-order valence-corrected chi connectivity index (χ3v) is 4.01. The lowest BCUT2D eigenvalue weighted by Crippen LogP contribution is -2.03. The van der Waals surface area contributed by atoms with Gasteiger partial charge in [-0.25, -0.2) is 0 Å². The van der Waals surface area contributed by atoms with Crippen molar-refractivity contribution in [3.63, 3.8) is 0 Å². The number of aromatic nitrogens is 2. The Kier molecular flexibility index (Phi) is 5.18. The molecule has 24 heavy (non-hydrogen) atoms. The molecule has 0 aliphatic carbocycles. The number of hydrogen-bond donors (Lipinski definition) is 1. The summed E-state index contributed by atoms with van der Waals surface area (Å²) in [4.78, 5) is 0. The largest absolute Gasteiger partial charge is 0.505 e. The molecule has 122 valence electrons. The van der Waals surface area contributed by atoms with Crippen LogP contribution >= 0.6 is 23.2 Å². The third kappa shape index (κ3) is 3.96. The molecule has 0 radical (unpaired) electrons. The Balaban J connectivity index is 1.65. The number of hydrogen-bond acceptors (Lipinski definition) is 4. The van der Waals surface area contributed by atoms with Gasteiger partial charge in [0.1, 0.15) is 0 Å². The second-order valence-corrected chi connectivity index (χ2v) is 5.94. The Morgan fingerprint density at radius 2 is 1.62 bits per heavy atom. The van der Waals surface area contributed by atoms with Crippen LogP contribution < -0.4 is 4.74 Å². The molecule has 4 nitrogen and oxygen atoms in total. The third-order valence-electron chi connectivity index (χ3n) is 3.44. The van der Waals surface area contributed by atoms with E-state index in [0.717, 1.165) is 6.42 Å². The zero-order valence-corrected chi connectivity index (χ0v) is 14.1. The Morgan fingerprint density at radius 3 is 2.25 bits per heavy atom. The maximum Gasteiger partial charge on any atom is 0.233 e. The Morgan fingerprint density at radius 1 is 0.917 bits per heavy atom. The zero-order chi connectivity index (χ0) is 16.9. The van der Waals surface area contributed by atoms with Gasteiger partial charge in [-0.1, -0.05) is 53.5 Å². The summed E-state index contributed by atoms with van der Waals surface area (Å²) in [5, 5.41) is 18.1. The maximum atomic E-state index is 9.59. The van der Waals surface area contributed by atoms with Gasteiger partial charge in [0.05, 0.1) is 22.3 Å². The number of ether oxygens (including phenoxy) is 1. The topological polar surface area (TPSA) is 55.2 Å². The summed E-state index contributed by atoms with van der Waals surface area (Å²) in [7, 11) is 0. The predicted molar refractivity (Wildman–Crippen MR) is 94.8 cm³/mol. The highest BCUT2D eigenvalue weighted by atomic mass is 35.5. The monoisotopic (exact) mass is 360 g/mol. The van der Waals surface area contributed by atoms with Crippen LogP contribution in [0.5, 0.6) is 11.6 Å². The fourth-order valence-electron chi connectivity index (χ4n) is 2.18. The molecule has 0 spiro atoms. The van der Waals surface area contributed by atoms with E-state index in [9.17, 15) is 5.11 Å². The van der Waals surface area contributed by atoms with Crippen molar-refractivity contribution < 1.29 is 9.84 Å². The molecule has 1 aromatic heterocycles. The predicted octanol–water partition coefficient (Wildman–Crippen LogP) is 4.78. The molecule has 0 amide bonds. The van der Waals surface area contributed by atoms with Gasteiger partial charge in [0.25, 0.3) is 0 Å². The first-order chi connectivity index (χ1) is 11.6. The van der Waals surface area contributed by atoms with Crippen LogP contribution in [0.1, 0.15) is 5.56 Å². The van der Waals surface area contributed by atoms with Gasteiger partial charge in [-0.3, -0.25) is 0 Å². The lowest BCUT2D eigenvalue weighted by molar-refractivity contribution is 0.306. The number of aromatic hydroxyl groups is 1. The summed E-state index contributed by atoms with van der Waals surface area (Å²) in [6, 6.07) is 16.8. The van der Waals surface area contributed by atoms with Gasteiger partial charge in [0.15, 0.2) is 5.75 Å². The highest BCUT2D eigenvalue weighted by Crippen LogP contribution is 2.35. The minimum Gasteiger partial charge on any atom is -0.505 e. The number of phenols is 1. The fourth-order valence-corrected chi connectivity index (χ4v) is 2.67. The number of phenolic OH excluding ortho intramolecular Hbond substituents is 1. The highest BCUT2D eigenvalue weighted by molar-refractivity contribution is 6.37. The zero-order valence-electron chi connectivity index (χ0n) is 12.6. The van der Waals surface area contributed by atoms with Gasteiger partial charge < -0.3 is 9.84 Å². The SMILES string of the molecule is Oc1c(Cl)cc(-c2ccc(OCCc3ccccc3)nn2)cc1Cl. The first kappa shape index (κ1) is 16.6. The number of nitrogens with zero attached hydrogens (tertiary/aromatic N) is 2. The van der Waals surface area contributed by atoms with Crippen molar-refractivity contribution >= 4 is 23.2 Å². The van der Waals surface area contributed by atoms with Gasteiger partial charge >= 0.3 is 0 Å². The molecule has 2 aromatic carbocycles. The minimum atomic E-state index is -0.143. The van der Waals surface area contributed by atoms with Crippen LogP contribution in [0.3, 0.4) is 0 Å². The normalized spacial score (nSPS) is 10.6. The number of halogens is 2. The molecule has 1 N–H and O–H groups in total. The van der Waals surface area contributed by atoms with Crippen LogP contribution in [0.25, 0.3) is 11.3 Å². The lowest BCUT2D eigenvalue weighted by Gasteiger charge is -2.07. The molecule has 0 unspecified atom stereocenters. The van der Waals surface area contributed by atoms with Crippen molar-refractivity contribution in [3.05, 3.63) is 70.2 Å². The molecule has 0 saturated carbocycles. The second kappa shape index (κ2) is 7.51. The number of rotatable bonds is 5. The highest BCUT2D eigenvalue weighted by Gasteiger charge is 2.09. The Labute approximate surface area is 149 Å². The van der Waals surface area contributed by atoms with Gasteiger partial charge in [0.2, 0.25) is 5.88 Å². The minimum absolute atomic E-state index is 0.143. The van der Waals surface area contributed by atoms with Crippen molar-refractivity contribution in [2.75, 3.05) is 6.61 Å². The lowest BCUT2D eigenvalue weighted by atomic mass is 10.1. The van der Waals surface area contributed by atoms with Crippen LogP contribution in [0.4, 0.5) is 0 Å². The maximum absolute atomic E-state index is 9.59. The Bertz CT molecular complexity index is 801. The van der Waals surface area contributed by atoms with E-state index in [0.29, 0.717) is 23.7 Å². The Hall–Kier alpha value is -2.30. The molecule has 0 fully saturated rings. The molecular weight excluding hydrogens is 347 g/mol. The van der Waals surface area contributed by atoms with E-state index in [2.05, 4.69) is 22.3 Å². The molecule has 0 bridgehead atoms. The first-order valence-corrected chi connectivity index (χ1v) is 8.08. The smallest absolute Gasteiger partial charge is 0.233 e. The summed E-state index contributed by atoms with van der Waals surface area (Å²) in [5.74, 6) is 0.307. The molecule has 6 heteroatoms. The van der Waals surface area contributed by atoms with Gasteiger partial charge in [-0.15, -0.1) is 10.2 Å².